The fourth-order valence-electron chi connectivity index (χ4n) is 1.84. The molecule has 1 atom stereocenters. The Balaban J connectivity index is 2.08. The van der Waals surface area contributed by atoms with E-state index in [1.807, 2.05) is 11.9 Å². The fraction of sp³-hybridized carbons (Fsp3) is 0.500. The van der Waals surface area contributed by atoms with E-state index in [4.69, 9.17) is 5.73 Å². The van der Waals surface area contributed by atoms with Crippen LogP contribution in [0, 0.1) is 0 Å². The van der Waals surface area contributed by atoms with Gasteiger partial charge in [-0.15, -0.1) is 11.3 Å². The first-order valence-corrected chi connectivity index (χ1v) is 6.15. The molecule has 1 unspecified atom stereocenters. The van der Waals surface area contributed by atoms with Gasteiger partial charge in [-0.2, -0.15) is 0 Å². The van der Waals surface area contributed by atoms with Crippen molar-refractivity contribution < 1.29 is 9.59 Å². The summed E-state index contributed by atoms with van der Waals surface area (Å²) in [6.45, 7) is 1.61. The van der Waals surface area contributed by atoms with Crippen LogP contribution in [0.2, 0.25) is 0 Å². The predicted molar refractivity (Wildman–Crippen MR) is 63.6 cm³/mol. The molecule has 0 saturated carbocycles. The molecule has 1 aliphatic heterocycles. The van der Waals surface area contributed by atoms with E-state index < -0.39 is 11.9 Å². The molecule has 0 bridgehead atoms. The van der Waals surface area contributed by atoms with E-state index in [9.17, 15) is 9.59 Å². The molecule has 2 rings (SSSR count). The number of rotatable bonds is 2. The van der Waals surface area contributed by atoms with Crippen LogP contribution >= 0.6 is 11.3 Å². The maximum absolute atomic E-state index is 12.1. The molecule has 0 aromatic carbocycles. The predicted octanol–water partition coefficient (Wildman–Crippen LogP) is -0.615. The molecule has 2 heterocycles. The highest BCUT2D eigenvalue weighted by Crippen LogP contribution is 2.14. The third-order valence-electron chi connectivity index (χ3n) is 2.91. The van der Waals surface area contributed by atoms with Crippen LogP contribution in [-0.4, -0.2) is 59.3 Å². The van der Waals surface area contributed by atoms with Crippen LogP contribution in [0.15, 0.2) is 11.7 Å². The molecule has 2 N–H and O–H groups in total. The molecule has 6 nitrogen and oxygen atoms in total. The quantitative estimate of drug-likeness (QED) is 0.763. The second-order valence-electron chi connectivity index (χ2n) is 4.02. The van der Waals surface area contributed by atoms with Crippen LogP contribution in [0.4, 0.5) is 0 Å². The SMILES string of the molecule is CN1CCN(C(=O)c2cncs2)CC1C(N)=O. The Morgan fingerprint density at radius 2 is 2.29 bits per heavy atom. The van der Waals surface area contributed by atoms with Crippen LogP contribution in [0.3, 0.4) is 0 Å². The van der Waals surface area contributed by atoms with E-state index in [2.05, 4.69) is 4.98 Å². The Morgan fingerprint density at radius 1 is 1.53 bits per heavy atom. The van der Waals surface area contributed by atoms with Crippen molar-refractivity contribution in [3.63, 3.8) is 0 Å². The Bertz CT molecular complexity index is 420. The number of thiazole rings is 1. The van der Waals surface area contributed by atoms with Crippen LogP contribution in [0.1, 0.15) is 9.67 Å². The first kappa shape index (κ1) is 12.0. The lowest BCUT2D eigenvalue weighted by Crippen LogP contribution is -2.57. The molecule has 0 radical (unpaired) electrons. The number of nitrogens with two attached hydrogens (primary N) is 1. The molecule has 0 aliphatic carbocycles. The number of hydrogen-bond donors (Lipinski definition) is 1. The molecular weight excluding hydrogens is 240 g/mol. The Labute approximate surface area is 103 Å². The number of likely N-dealkylation sites (N-methyl/N-ethyl adjacent to an activating group) is 1. The zero-order valence-electron chi connectivity index (χ0n) is 9.50. The van der Waals surface area contributed by atoms with Gasteiger partial charge >= 0.3 is 0 Å². The molecule has 92 valence electrons. The van der Waals surface area contributed by atoms with Crippen molar-refractivity contribution in [2.45, 2.75) is 6.04 Å². The number of amides is 2. The standard InChI is InChI=1S/C10H14N4O2S/c1-13-2-3-14(5-7(13)9(11)15)10(16)8-4-12-6-17-8/h4,6-7H,2-3,5H2,1H3,(H2,11,15). The fourth-order valence-corrected chi connectivity index (χ4v) is 2.43. The van der Waals surface area contributed by atoms with Crippen LogP contribution in [0.25, 0.3) is 0 Å². The molecule has 17 heavy (non-hydrogen) atoms. The van der Waals surface area contributed by atoms with E-state index in [1.165, 1.54) is 11.3 Å². The average Bonchev–Trinajstić information content (AvgIpc) is 2.81. The van der Waals surface area contributed by atoms with Gasteiger partial charge in [-0.25, -0.2) is 0 Å². The van der Waals surface area contributed by atoms with Crippen LogP contribution in [0.5, 0.6) is 0 Å². The second kappa shape index (κ2) is 4.80. The van der Waals surface area contributed by atoms with Gasteiger partial charge in [0.15, 0.2) is 0 Å². The lowest BCUT2D eigenvalue weighted by molar-refractivity contribution is -0.124. The van der Waals surface area contributed by atoms with Gasteiger partial charge < -0.3 is 10.6 Å². The summed E-state index contributed by atoms with van der Waals surface area (Å²) in [7, 11) is 1.84. The van der Waals surface area contributed by atoms with Gasteiger partial charge in [0.05, 0.1) is 11.7 Å². The normalized spacial score (nSPS) is 21.5. The number of nitrogens with zero attached hydrogens (tertiary/aromatic N) is 3. The van der Waals surface area contributed by atoms with Crippen LogP contribution in [-0.2, 0) is 4.79 Å². The van der Waals surface area contributed by atoms with Crippen molar-refractivity contribution in [2.24, 2.45) is 5.73 Å². The van der Waals surface area contributed by atoms with Gasteiger partial charge in [0.2, 0.25) is 5.91 Å². The van der Waals surface area contributed by atoms with E-state index in [-0.39, 0.29) is 5.91 Å². The summed E-state index contributed by atoms with van der Waals surface area (Å²) < 4.78 is 0. The Morgan fingerprint density at radius 3 is 2.88 bits per heavy atom. The third-order valence-corrected chi connectivity index (χ3v) is 3.67. The van der Waals surface area contributed by atoms with Crippen molar-refractivity contribution >= 4 is 23.2 Å². The Kier molecular flexibility index (Phi) is 3.39. The summed E-state index contributed by atoms with van der Waals surface area (Å²) in [6, 6.07) is -0.402. The molecule has 1 saturated heterocycles. The van der Waals surface area contributed by atoms with Gasteiger partial charge in [0.25, 0.3) is 5.91 Å². The molecule has 7 heteroatoms. The average molecular weight is 254 g/mol. The minimum Gasteiger partial charge on any atom is -0.368 e. The first-order valence-electron chi connectivity index (χ1n) is 5.27. The van der Waals surface area contributed by atoms with Gasteiger partial charge in [0.1, 0.15) is 10.9 Å². The van der Waals surface area contributed by atoms with Crippen LogP contribution < -0.4 is 5.73 Å². The smallest absolute Gasteiger partial charge is 0.265 e. The third kappa shape index (κ3) is 2.45. The topological polar surface area (TPSA) is 79.5 Å². The lowest BCUT2D eigenvalue weighted by Gasteiger charge is -2.37. The van der Waals surface area contributed by atoms with Crippen molar-refractivity contribution in [1.29, 1.82) is 0 Å². The largest absolute Gasteiger partial charge is 0.368 e. The van der Waals surface area contributed by atoms with E-state index in [1.54, 1.807) is 16.6 Å². The van der Waals surface area contributed by atoms with E-state index in [0.717, 1.165) is 0 Å². The highest BCUT2D eigenvalue weighted by molar-refractivity contribution is 7.11. The van der Waals surface area contributed by atoms with E-state index in [0.29, 0.717) is 24.5 Å². The van der Waals surface area contributed by atoms with Crippen molar-refractivity contribution in [3.8, 4) is 0 Å². The summed E-state index contributed by atoms with van der Waals surface area (Å²) in [5, 5.41) is 0. The molecular formula is C10H14N4O2S. The lowest BCUT2D eigenvalue weighted by atomic mass is 10.1. The van der Waals surface area contributed by atoms with E-state index >= 15 is 0 Å². The van der Waals surface area contributed by atoms with Gasteiger partial charge in [-0.3, -0.25) is 19.5 Å². The van der Waals surface area contributed by atoms with Gasteiger partial charge in [-0.1, -0.05) is 0 Å². The highest BCUT2D eigenvalue weighted by Gasteiger charge is 2.31. The molecule has 1 aromatic rings. The molecule has 1 fully saturated rings. The summed E-state index contributed by atoms with van der Waals surface area (Å²) >= 11 is 1.30. The summed E-state index contributed by atoms with van der Waals surface area (Å²) in [4.78, 5) is 31.3. The summed E-state index contributed by atoms with van der Waals surface area (Å²) in [5.41, 5.74) is 6.93. The Hall–Kier alpha value is -1.47. The zero-order chi connectivity index (χ0) is 12.4. The number of hydrogen-bond acceptors (Lipinski definition) is 5. The zero-order valence-corrected chi connectivity index (χ0v) is 10.3. The summed E-state index contributed by atoms with van der Waals surface area (Å²) in [5.74, 6) is -0.471. The minimum atomic E-state index is -0.402. The molecule has 1 aromatic heterocycles. The van der Waals surface area contributed by atoms with Crippen molar-refractivity contribution in [1.82, 2.24) is 14.8 Å². The van der Waals surface area contributed by atoms with Crippen molar-refractivity contribution in [3.05, 3.63) is 16.6 Å². The second-order valence-corrected chi connectivity index (χ2v) is 4.90. The number of primary amides is 1. The monoisotopic (exact) mass is 254 g/mol. The minimum absolute atomic E-state index is 0.0770. The maximum Gasteiger partial charge on any atom is 0.265 e. The number of carbonyl (C=O) groups is 2. The number of carbonyl (C=O) groups excluding carboxylic acids is 2. The van der Waals surface area contributed by atoms with Crippen molar-refractivity contribution in [2.75, 3.05) is 26.7 Å². The highest BCUT2D eigenvalue weighted by atomic mass is 32.1. The maximum atomic E-state index is 12.1. The first-order chi connectivity index (χ1) is 8.09. The number of aromatic nitrogens is 1. The van der Waals surface area contributed by atoms with Gasteiger partial charge in [0, 0.05) is 19.6 Å². The number of piperazine rings is 1. The molecule has 1 aliphatic rings. The molecule has 2 amide bonds. The van der Waals surface area contributed by atoms with Gasteiger partial charge in [-0.05, 0) is 7.05 Å². The summed E-state index contributed by atoms with van der Waals surface area (Å²) in [6.07, 6.45) is 1.55. The molecule has 0 spiro atoms.